The Bertz CT molecular complexity index is 654. The summed E-state index contributed by atoms with van der Waals surface area (Å²) in [6.07, 6.45) is 0. The van der Waals surface area contributed by atoms with Crippen molar-refractivity contribution in [3.63, 3.8) is 0 Å². The van der Waals surface area contributed by atoms with E-state index in [4.69, 9.17) is 0 Å². The monoisotopic (exact) mass is 383 g/mol. The van der Waals surface area contributed by atoms with E-state index in [1.807, 2.05) is 28.3 Å². The zero-order chi connectivity index (χ0) is 13.9. The Morgan fingerprint density at radius 1 is 1.20 bits per heavy atom. The molecule has 3 heterocycles. The molecule has 102 valence electrons. The van der Waals surface area contributed by atoms with Crippen molar-refractivity contribution in [3.8, 4) is 0 Å². The Morgan fingerprint density at radius 2 is 2.10 bits per heavy atom. The van der Waals surface area contributed by atoms with Gasteiger partial charge in [-0.15, -0.1) is 22.7 Å². The van der Waals surface area contributed by atoms with Crippen LogP contribution in [0.25, 0.3) is 0 Å². The van der Waals surface area contributed by atoms with Crippen molar-refractivity contribution in [1.29, 1.82) is 0 Å². The van der Waals surface area contributed by atoms with Crippen LogP contribution in [0.15, 0.2) is 50.3 Å². The lowest BCUT2D eigenvalue weighted by atomic mass is 10.1. The molecule has 20 heavy (non-hydrogen) atoms. The van der Waals surface area contributed by atoms with Crippen LogP contribution in [0.4, 0.5) is 0 Å². The fourth-order valence-electron chi connectivity index (χ4n) is 1.85. The van der Waals surface area contributed by atoms with E-state index in [1.165, 1.54) is 11.3 Å². The minimum atomic E-state index is -0.0744. The number of halogens is 1. The third kappa shape index (κ3) is 3.03. The molecule has 0 bridgehead atoms. The third-order valence-electron chi connectivity index (χ3n) is 2.77. The third-order valence-corrected chi connectivity index (χ3v) is 6.10. The fourth-order valence-corrected chi connectivity index (χ4v) is 4.67. The Kier molecular flexibility index (Phi) is 4.35. The molecule has 1 amide bonds. The first-order valence-electron chi connectivity index (χ1n) is 5.84. The van der Waals surface area contributed by atoms with Crippen LogP contribution in [-0.2, 0) is 0 Å². The normalized spacial score (nSPS) is 12.2. The molecule has 6 heteroatoms. The van der Waals surface area contributed by atoms with E-state index in [1.54, 1.807) is 22.7 Å². The highest BCUT2D eigenvalue weighted by Crippen LogP contribution is 2.28. The molecule has 3 aromatic heterocycles. The summed E-state index contributed by atoms with van der Waals surface area (Å²) >= 11 is 8.12. The van der Waals surface area contributed by atoms with E-state index in [0.717, 1.165) is 14.9 Å². The Balaban J connectivity index is 1.86. The van der Waals surface area contributed by atoms with E-state index in [-0.39, 0.29) is 11.9 Å². The smallest absolute Gasteiger partial charge is 0.262 e. The van der Waals surface area contributed by atoms with Gasteiger partial charge in [0.25, 0.3) is 5.91 Å². The number of hydrogen-bond donors (Lipinski definition) is 1. The minimum Gasteiger partial charge on any atom is -0.340 e. The summed E-state index contributed by atoms with van der Waals surface area (Å²) in [4.78, 5) is 14.2. The molecule has 3 rings (SSSR count). The molecule has 0 aliphatic rings. The van der Waals surface area contributed by atoms with Crippen molar-refractivity contribution in [1.82, 2.24) is 5.32 Å². The molecule has 0 spiro atoms. The Hall–Kier alpha value is -0.950. The molecule has 0 fully saturated rings. The summed E-state index contributed by atoms with van der Waals surface area (Å²) in [5.41, 5.74) is 1.13. The van der Waals surface area contributed by atoms with Gasteiger partial charge in [0.15, 0.2) is 0 Å². The number of hydrogen-bond acceptors (Lipinski definition) is 4. The Morgan fingerprint density at radius 3 is 2.70 bits per heavy atom. The van der Waals surface area contributed by atoms with Crippen LogP contribution < -0.4 is 5.32 Å². The van der Waals surface area contributed by atoms with E-state index in [9.17, 15) is 4.79 Å². The highest BCUT2D eigenvalue weighted by molar-refractivity contribution is 9.10. The van der Waals surface area contributed by atoms with Crippen molar-refractivity contribution in [3.05, 3.63) is 65.6 Å². The van der Waals surface area contributed by atoms with E-state index in [2.05, 4.69) is 38.8 Å². The van der Waals surface area contributed by atoms with Crippen LogP contribution in [-0.4, -0.2) is 5.91 Å². The average Bonchev–Trinajstić information content (AvgIpc) is 3.17. The lowest BCUT2D eigenvalue weighted by Crippen LogP contribution is -2.27. The van der Waals surface area contributed by atoms with Crippen LogP contribution in [0.5, 0.6) is 0 Å². The van der Waals surface area contributed by atoms with Gasteiger partial charge in [-0.05, 0) is 55.8 Å². The molecule has 0 aliphatic carbocycles. The second-order valence-corrected chi connectivity index (χ2v) is 7.69. The highest BCUT2D eigenvalue weighted by Gasteiger charge is 2.19. The molecule has 0 radical (unpaired) electrons. The fraction of sp³-hybridized carbons (Fsp3) is 0.0714. The molecule has 0 saturated carbocycles. The number of nitrogens with one attached hydrogen (secondary N) is 1. The molecule has 2 nitrogen and oxygen atoms in total. The van der Waals surface area contributed by atoms with Crippen molar-refractivity contribution in [2.75, 3.05) is 0 Å². The summed E-state index contributed by atoms with van der Waals surface area (Å²) in [5, 5.41) is 11.2. The zero-order valence-electron chi connectivity index (χ0n) is 10.2. The van der Waals surface area contributed by atoms with Crippen LogP contribution in [0.1, 0.15) is 26.2 Å². The SMILES string of the molecule is O=C(NC(c1ccsc1)c1cccs1)c1cc(Br)cs1. The molecule has 0 saturated heterocycles. The van der Waals surface area contributed by atoms with Gasteiger partial charge in [-0.2, -0.15) is 11.3 Å². The van der Waals surface area contributed by atoms with Crippen molar-refractivity contribution >= 4 is 55.8 Å². The maximum absolute atomic E-state index is 12.3. The molecule has 1 atom stereocenters. The van der Waals surface area contributed by atoms with Gasteiger partial charge >= 0.3 is 0 Å². The summed E-state index contributed by atoms with van der Waals surface area (Å²) in [5.74, 6) is -0.0368. The van der Waals surface area contributed by atoms with Gasteiger partial charge in [-0.1, -0.05) is 6.07 Å². The van der Waals surface area contributed by atoms with Gasteiger partial charge in [0.2, 0.25) is 0 Å². The first-order valence-corrected chi connectivity index (χ1v) is 9.34. The van der Waals surface area contributed by atoms with Gasteiger partial charge in [0.05, 0.1) is 10.9 Å². The molecule has 1 N–H and O–H groups in total. The molecule has 1 unspecified atom stereocenters. The van der Waals surface area contributed by atoms with Crippen molar-refractivity contribution < 1.29 is 4.79 Å². The van der Waals surface area contributed by atoms with Gasteiger partial charge in [0.1, 0.15) is 0 Å². The van der Waals surface area contributed by atoms with E-state index in [0.29, 0.717) is 4.88 Å². The molecule has 0 aromatic carbocycles. The summed E-state index contributed by atoms with van der Waals surface area (Å²) in [7, 11) is 0. The maximum atomic E-state index is 12.3. The van der Waals surface area contributed by atoms with Gasteiger partial charge in [0, 0.05) is 14.7 Å². The van der Waals surface area contributed by atoms with Crippen LogP contribution in [0.2, 0.25) is 0 Å². The lowest BCUT2D eigenvalue weighted by molar-refractivity contribution is 0.0947. The number of thiophene rings is 3. The number of rotatable bonds is 4. The first kappa shape index (κ1) is 14.0. The van der Waals surface area contributed by atoms with Crippen LogP contribution in [0.3, 0.4) is 0 Å². The molecular formula is C14H10BrNOS3. The summed E-state index contributed by atoms with van der Waals surface area (Å²) in [6.45, 7) is 0. The predicted molar refractivity (Wildman–Crippen MR) is 90.0 cm³/mol. The zero-order valence-corrected chi connectivity index (χ0v) is 14.2. The minimum absolute atomic E-state index is 0.0368. The summed E-state index contributed by atoms with van der Waals surface area (Å²) < 4.78 is 0.941. The first-order chi connectivity index (χ1) is 9.74. The van der Waals surface area contributed by atoms with E-state index < -0.39 is 0 Å². The van der Waals surface area contributed by atoms with Crippen LogP contribution >= 0.6 is 49.9 Å². The molecule has 3 aromatic rings. The maximum Gasteiger partial charge on any atom is 0.262 e. The van der Waals surface area contributed by atoms with Crippen LogP contribution in [0, 0.1) is 0 Å². The second kappa shape index (κ2) is 6.22. The number of amides is 1. The molecule has 0 aliphatic heterocycles. The largest absolute Gasteiger partial charge is 0.340 e. The molecular weight excluding hydrogens is 374 g/mol. The average molecular weight is 384 g/mol. The van der Waals surface area contributed by atoms with Crippen molar-refractivity contribution in [2.45, 2.75) is 6.04 Å². The van der Waals surface area contributed by atoms with E-state index >= 15 is 0 Å². The lowest BCUT2D eigenvalue weighted by Gasteiger charge is -2.16. The standard InChI is InChI=1S/C14H10BrNOS3/c15-10-6-12(20-8-10)14(17)16-13(9-3-5-18-7-9)11-2-1-4-19-11/h1-8,13H,(H,16,17). The topological polar surface area (TPSA) is 29.1 Å². The van der Waals surface area contributed by atoms with Gasteiger partial charge in [-0.3, -0.25) is 4.79 Å². The summed E-state index contributed by atoms with van der Waals surface area (Å²) in [6, 6.07) is 7.89. The highest BCUT2D eigenvalue weighted by atomic mass is 79.9. The number of carbonyl (C=O) groups is 1. The Labute approximate surface area is 137 Å². The predicted octanol–water partition coefficient (Wildman–Crippen LogP) is 5.15. The van der Waals surface area contributed by atoms with Crippen molar-refractivity contribution in [2.24, 2.45) is 0 Å². The van der Waals surface area contributed by atoms with Gasteiger partial charge in [-0.25, -0.2) is 0 Å². The van der Waals surface area contributed by atoms with Gasteiger partial charge < -0.3 is 5.32 Å². The second-order valence-electron chi connectivity index (χ2n) is 4.11. The quantitative estimate of drug-likeness (QED) is 0.662. The number of carbonyl (C=O) groups excluding carboxylic acids is 1.